The van der Waals surface area contributed by atoms with Crippen LogP contribution in [0.5, 0.6) is 0 Å². The quantitative estimate of drug-likeness (QED) is 0.178. The third-order valence-electron chi connectivity index (χ3n) is 10.7. The molecule has 0 unspecified atom stereocenters. The first-order valence-corrected chi connectivity index (χ1v) is 19.3. The number of thiophene rings is 2. The van der Waals surface area contributed by atoms with Crippen LogP contribution in [0.15, 0.2) is 146 Å². The van der Waals surface area contributed by atoms with Gasteiger partial charge >= 0.3 is 0 Å². The Morgan fingerprint density at radius 3 is 2.00 bits per heavy atom. The summed E-state index contributed by atoms with van der Waals surface area (Å²) in [4.78, 5) is 10.9. The Labute approximate surface area is 309 Å². The van der Waals surface area contributed by atoms with E-state index in [0.29, 0.717) is 10.8 Å². The second kappa shape index (κ2) is 10.6. The van der Waals surface area contributed by atoms with Crippen molar-refractivity contribution in [2.75, 3.05) is 0 Å². The number of rotatable bonds is 2. The number of halogens is 1. The second-order valence-corrected chi connectivity index (χ2v) is 15.8. The number of fused-ring (bicyclic) bond motifs is 16. The molecule has 0 fully saturated rings. The summed E-state index contributed by atoms with van der Waals surface area (Å²) in [5, 5.41) is 14.0. The Morgan fingerprint density at radius 2 is 1.15 bits per heavy atom. The summed E-state index contributed by atoms with van der Waals surface area (Å²) in [5.74, 6) is 0. The van der Waals surface area contributed by atoms with Crippen molar-refractivity contribution in [2.45, 2.75) is 0 Å². The smallest absolute Gasteiger partial charge is 0.157 e. The van der Waals surface area contributed by atoms with Crippen LogP contribution in [-0.4, -0.2) is 14.5 Å². The molecule has 0 saturated carbocycles. The van der Waals surface area contributed by atoms with E-state index < -0.39 is 0 Å². The zero-order valence-corrected chi connectivity index (χ0v) is 29.8. The minimum Gasteiger partial charge on any atom is -0.307 e. The van der Waals surface area contributed by atoms with Gasteiger partial charge in [-0.1, -0.05) is 127 Å². The number of hydrogen-bond acceptors (Lipinski definition) is 4. The van der Waals surface area contributed by atoms with Crippen molar-refractivity contribution < 1.29 is 0 Å². The van der Waals surface area contributed by atoms with E-state index in [4.69, 9.17) is 21.6 Å². The number of para-hydroxylation sites is 1. The molecule has 12 aromatic rings. The third kappa shape index (κ3) is 3.80. The molecular formula is C46H24ClN3S2. The van der Waals surface area contributed by atoms with E-state index in [9.17, 15) is 0 Å². The first-order chi connectivity index (χ1) is 25.7. The van der Waals surface area contributed by atoms with Crippen molar-refractivity contribution in [1.82, 2.24) is 14.5 Å². The van der Waals surface area contributed by atoms with Crippen LogP contribution in [0.2, 0.25) is 5.15 Å². The molecule has 52 heavy (non-hydrogen) atoms. The van der Waals surface area contributed by atoms with Crippen LogP contribution >= 0.6 is 34.3 Å². The highest BCUT2D eigenvalue weighted by Gasteiger charge is 2.24. The minimum atomic E-state index is 0.416. The standard InChI is InChI=1S/C46H24ClN3S2/c47-45-41(48-42-33-18-8-10-20-36(33)52-46(42)49-45)31-22-23-35(28-14-4-3-13-27(28)31)50-34-19-9-7-17-32(34)38-29-15-5-6-16-30(29)40-39-26-12-2-1-11-25(26)21-24-37(39)51-44(40)43(38)50/h1-24H. The average molecular weight is 718 g/mol. The summed E-state index contributed by atoms with van der Waals surface area (Å²) in [7, 11) is 0. The van der Waals surface area contributed by atoms with Gasteiger partial charge in [0.2, 0.25) is 0 Å². The lowest BCUT2D eigenvalue weighted by molar-refractivity contribution is 1.21. The summed E-state index contributed by atoms with van der Waals surface area (Å²) >= 11 is 10.5. The lowest BCUT2D eigenvalue weighted by Gasteiger charge is -2.15. The molecule has 0 bridgehead atoms. The first-order valence-electron chi connectivity index (χ1n) is 17.3. The summed E-state index contributed by atoms with van der Waals surface area (Å²) in [6.45, 7) is 0. The predicted molar refractivity (Wildman–Crippen MR) is 225 cm³/mol. The van der Waals surface area contributed by atoms with Crippen LogP contribution in [0.1, 0.15) is 0 Å². The molecule has 12 rings (SSSR count). The van der Waals surface area contributed by atoms with Gasteiger partial charge in [0.15, 0.2) is 5.15 Å². The number of benzene rings is 8. The van der Waals surface area contributed by atoms with Gasteiger partial charge in [-0.05, 0) is 57.3 Å². The van der Waals surface area contributed by atoms with E-state index in [1.807, 2.05) is 11.3 Å². The summed E-state index contributed by atoms with van der Waals surface area (Å²) in [6, 6.07) is 52.6. The van der Waals surface area contributed by atoms with E-state index >= 15 is 0 Å². The van der Waals surface area contributed by atoms with Crippen LogP contribution in [0.3, 0.4) is 0 Å². The molecule has 0 saturated heterocycles. The lowest BCUT2D eigenvalue weighted by Crippen LogP contribution is -1.98. The van der Waals surface area contributed by atoms with Crippen LogP contribution in [-0.2, 0) is 0 Å². The van der Waals surface area contributed by atoms with Crippen molar-refractivity contribution in [1.29, 1.82) is 0 Å². The zero-order chi connectivity index (χ0) is 34.1. The zero-order valence-electron chi connectivity index (χ0n) is 27.4. The highest BCUT2D eigenvalue weighted by molar-refractivity contribution is 7.27. The van der Waals surface area contributed by atoms with Gasteiger partial charge in [-0.3, -0.25) is 0 Å². The van der Waals surface area contributed by atoms with E-state index in [-0.39, 0.29) is 0 Å². The van der Waals surface area contributed by atoms with Crippen molar-refractivity contribution in [3.05, 3.63) is 151 Å². The molecule has 3 nitrogen and oxygen atoms in total. The van der Waals surface area contributed by atoms with Crippen molar-refractivity contribution in [3.63, 3.8) is 0 Å². The van der Waals surface area contributed by atoms with Crippen LogP contribution in [0.4, 0.5) is 0 Å². The molecule has 0 aliphatic rings. The fraction of sp³-hybridized carbons (Fsp3) is 0. The molecule has 6 heteroatoms. The molecule has 0 aliphatic carbocycles. The third-order valence-corrected chi connectivity index (χ3v) is 13.2. The van der Waals surface area contributed by atoms with Crippen LogP contribution in [0, 0.1) is 0 Å². The normalized spacial score (nSPS) is 12.3. The van der Waals surface area contributed by atoms with Gasteiger partial charge in [0.25, 0.3) is 0 Å². The first kappa shape index (κ1) is 28.8. The minimum absolute atomic E-state index is 0.416. The van der Waals surface area contributed by atoms with E-state index in [2.05, 4.69) is 150 Å². The molecule has 242 valence electrons. The maximum absolute atomic E-state index is 6.99. The lowest BCUT2D eigenvalue weighted by atomic mass is 9.96. The van der Waals surface area contributed by atoms with E-state index in [0.717, 1.165) is 42.5 Å². The van der Waals surface area contributed by atoms with E-state index in [1.165, 1.54) is 63.5 Å². The Kier molecular flexibility index (Phi) is 5.87. The van der Waals surface area contributed by atoms with Gasteiger partial charge in [-0.2, -0.15) is 0 Å². The highest BCUT2D eigenvalue weighted by Crippen LogP contribution is 2.50. The monoisotopic (exact) mass is 717 g/mol. The van der Waals surface area contributed by atoms with Gasteiger partial charge in [0, 0.05) is 47.3 Å². The van der Waals surface area contributed by atoms with Crippen LogP contribution < -0.4 is 0 Å². The highest BCUT2D eigenvalue weighted by atomic mass is 35.5. The van der Waals surface area contributed by atoms with Gasteiger partial charge in [0.05, 0.1) is 21.4 Å². The fourth-order valence-corrected chi connectivity index (χ4v) is 11.1. The average Bonchev–Trinajstić information content (AvgIpc) is 3.87. The molecule has 0 spiro atoms. The van der Waals surface area contributed by atoms with Gasteiger partial charge < -0.3 is 4.57 Å². The Bertz CT molecular complexity index is 3500. The summed E-state index contributed by atoms with van der Waals surface area (Å²) in [6.07, 6.45) is 0. The predicted octanol–water partition coefficient (Wildman–Crippen LogP) is 14.1. The van der Waals surface area contributed by atoms with Crippen molar-refractivity contribution in [3.8, 4) is 16.9 Å². The summed E-state index contributed by atoms with van der Waals surface area (Å²) in [5.41, 5.74) is 6.10. The van der Waals surface area contributed by atoms with Gasteiger partial charge in [0.1, 0.15) is 16.0 Å². The van der Waals surface area contributed by atoms with Gasteiger partial charge in [-0.15, -0.1) is 22.7 Å². The Balaban J connectivity index is 1.23. The molecule has 0 radical (unpaired) electrons. The topological polar surface area (TPSA) is 30.7 Å². The Hall–Kier alpha value is -5.85. The van der Waals surface area contributed by atoms with Crippen molar-refractivity contribution >= 4 is 129 Å². The van der Waals surface area contributed by atoms with Crippen molar-refractivity contribution in [2.24, 2.45) is 0 Å². The maximum atomic E-state index is 6.99. The van der Waals surface area contributed by atoms with Crippen LogP contribution in [0.25, 0.3) is 112 Å². The van der Waals surface area contributed by atoms with E-state index in [1.54, 1.807) is 11.3 Å². The number of aromatic nitrogens is 3. The molecular weight excluding hydrogens is 694 g/mol. The maximum Gasteiger partial charge on any atom is 0.157 e. The molecule has 8 aromatic carbocycles. The molecule has 4 aromatic heterocycles. The largest absolute Gasteiger partial charge is 0.307 e. The number of nitrogens with zero attached hydrogens (tertiary/aromatic N) is 3. The molecule has 0 N–H and O–H groups in total. The number of hydrogen-bond donors (Lipinski definition) is 0. The molecule has 4 heterocycles. The van der Waals surface area contributed by atoms with Gasteiger partial charge in [-0.25, -0.2) is 9.97 Å². The molecule has 0 amide bonds. The summed E-state index contributed by atoms with van der Waals surface area (Å²) < 4.78 is 6.26. The SMILES string of the molecule is Clc1nc2sc3ccccc3c2nc1-c1ccc(-n2c3ccccc3c3c4ccccc4c4c(sc5ccc6ccccc6c54)c32)c2ccccc12. The second-order valence-electron chi connectivity index (χ2n) is 13.4. The fourth-order valence-electron chi connectivity index (χ4n) is 8.55. The molecule has 0 atom stereocenters. The Morgan fingerprint density at radius 1 is 0.481 bits per heavy atom. The molecule has 0 aliphatic heterocycles.